The fourth-order valence-electron chi connectivity index (χ4n) is 2.47. The summed E-state index contributed by atoms with van der Waals surface area (Å²) in [6.45, 7) is 2.09. The highest BCUT2D eigenvalue weighted by atomic mass is 16.5. The van der Waals surface area contributed by atoms with Gasteiger partial charge in [0.25, 0.3) is 0 Å². The Labute approximate surface area is 131 Å². The Balaban J connectivity index is 1.77. The maximum atomic E-state index is 12.0. The highest BCUT2D eigenvalue weighted by molar-refractivity contribution is 5.74. The molecule has 0 radical (unpaired) electrons. The first-order chi connectivity index (χ1) is 10.8. The summed E-state index contributed by atoms with van der Waals surface area (Å²) >= 11 is 0. The van der Waals surface area contributed by atoms with Crippen molar-refractivity contribution in [1.82, 2.24) is 10.6 Å². The molecule has 0 unspecified atom stereocenters. The summed E-state index contributed by atoms with van der Waals surface area (Å²) in [5, 5.41) is 15.0. The van der Waals surface area contributed by atoms with Crippen LogP contribution in [0.25, 0.3) is 0 Å². The molecule has 0 bridgehead atoms. The van der Waals surface area contributed by atoms with Gasteiger partial charge in [0, 0.05) is 13.2 Å². The van der Waals surface area contributed by atoms with Crippen LogP contribution in [0.1, 0.15) is 30.9 Å². The third kappa shape index (κ3) is 5.50. The van der Waals surface area contributed by atoms with Gasteiger partial charge >= 0.3 is 6.03 Å². The summed E-state index contributed by atoms with van der Waals surface area (Å²) in [6.07, 6.45) is 4.38. The van der Waals surface area contributed by atoms with Crippen molar-refractivity contribution in [2.24, 2.45) is 0 Å². The van der Waals surface area contributed by atoms with Crippen LogP contribution in [0.2, 0.25) is 0 Å². The van der Waals surface area contributed by atoms with Gasteiger partial charge in [-0.1, -0.05) is 42.0 Å². The van der Waals surface area contributed by atoms with Crippen molar-refractivity contribution in [3.8, 4) is 0 Å². The van der Waals surface area contributed by atoms with Crippen molar-refractivity contribution in [3.63, 3.8) is 0 Å². The molecule has 1 aliphatic rings. The molecule has 0 fully saturated rings. The van der Waals surface area contributed by atoms with Crippen LogP contribution in [0, 0.1) is 0 Å². The predicted molar refractivity (Wildman–Crippen MR) is 85.6 cm³/mol. The van der Waals surface area contributed by atoms with Crippen LogP contribution in [-0.2, 0) is 4.74 Å². The second-order valence-electron chi connectivity index (χ2n) is 5.31. The molecule has 1 heterocycles. The molecule has 0 saturated carbocycles. The lowest BCUT2D eigenvalue weighted by Gasteiger charge is -2.19. The number of benzene rings is 1. The van der Waals surface area contributed by atoms with Gasteiger partial charge in [0.2, 0.25) is 0 Å². The fourth-order valence-corrected chi connectivity index (χ4v) is 2.47. The molecule has 0 aliphatic carbocycles. The number of carbonyl (C=O) groups is 1. The molecule has 2 amide bonds. The lowest BCUT2D eigenvalue weighted by atomic mass is 10.0. The van der Waals surface area contributed by atoms with Gasteiger partial charge in [0.1, 0.15) is 0 Å². The summed E-state index contributed by atoms with van der Waals surface area (Å²) < 4.78 is 5.26. The Morgan fingerprint density at radius 2 is 2.14 bits per heavy atom. The van der Waals surface area contributed by atoms with Gasteiger partial charge in [-0.05, 0) is 24.8 Å². The molecular weight excluding hydrogens is 280 g/mol. The quantitative estimate of drug-likeness (QED) is 0.676. The Morgan fingerprint density at radius 3 is 2.82 bits per heavy atom. The summed E-state index contributed by atoms with van der Waals surface area (Å²) in [5.74, 6) is 0. The first-order valence-electron chi connectivity index (χ1n) is 7.75. The van der Waals surface area contributed by atoms with E-state index in [4.69, 9.17) is 9.84 Å². The molecule has 5 heteroatoms. The van der Waals surface area contributed by atoms with Gasteiger partial charge in [-0.15, -0.1) is 0 Å². The molecule has 1 aromatic rings. The largest absolute Gasteiger partial charge is 0.396 e. The third-order valence-corrected chi connectivity index (χ3v) is 3.71. The minimum Gasteiger partial charge on any atom is -0.396 e. The monoisotopic (exact) mass is 304 g/mol. The molecule has 1 atom stereocenters. The highest BCUT2D eigenvalue weighted by Crippen LogP contribution is 2.16. The van der Waals surface area contributed by atoms with Crippen LogP contribution < -0.4 is 10.6 Å². The molecule has 120 valence electrons. The minimum atomic E-state index is -0.199. The van der Waals surface area contributed by atoms with E-state index in [0.717, 1.165) is 25.0 Å². The molecule has 2 rings (SSSR count). The summed E-state index contributed by atoms with van der Waals surface area (Å²) in [6, 6.07) is 9.32. The number of rotatable bonds is 7. The fraction of sp³-hybridized carbons (Fsp3) is 0.471. The number of hydrogen-bond donors (Lipinski definition) is 3. The predicted octanol–water partition coefficient (Wildman–Crippen LogP) is 2.15. The van der Waals surface area contributed by atoms with Crippen molar-refractivity contribution < 1.29 is 14.6 Å². The zero-order chi connectivity index (χ0) is 15.6. The average molecular weight is 304 g/mol. The van der Waals surface area contributed by atoms with Crippen molar-refractivity contribution in [2.75, 3.05) is 26.4 Å². The van der Waals surface area contributed by atoms with Gasteiger partial charge in [0.05, 0.1) is 19.3 Å². The second-order valence-corrected chi connectivity index (χ2v) is 5.31. The minimum absolute atomic E-state index is 0.0345. The van der Waals surface area contributed by atoms with Crippen molar-refractivity contribution in [2.45, 2.75) is 25.3 Å². The van der Waals surface area contributed by atoms with Crippen LogP contribution >= 0.6 is 0 Å². The van der Waals surface area contributed by atoms with Gasteiger partial charge < -0.3 is 20.5 Å². The van der Waals surface area contributed by atoms with E-state index < -0.39 is 0 Å². The van der Waals surface area contributed by atoms with Crippen molar-refractivity contribution in [1.29, 1.82) is 0 Å². The lowest BCUT2D eigenvalue weighted by molar-refractivity contribution is 0.153. The highest BCUT2D eigenvalue weighted by Gasteiger charge is 2.13. The number of aliphatic hydroxyl groups is 1. The second kappa shape index (κ2) is 9.23. The van der Waals surface area contributed by atoms with Crippen LogP contribution in [-0.4, -0.2) is 37.5 Å². The van der Waals surface area contributed by atoms with Crippen molar-refractivity contribution in [3.05, 3.63) is 47.5 Å². The molecule has 5 nitrogen and oxygen atoms in total. The summed E-state index contributed by atoms with van der Waals surface area (Å²) in [4.78, 5) is 12.0. The maximum absolute atomic E-state index is 12.0. The van der Waals surface area contributed by atoms with Crippen LogP contribution in [0.3, 0.4) is 0 Å². The standard InChI is InChI=1S/C17H24N2O3/c20-11-7-16(15-4-2-1-3-5-15)19-17(21)18-10-6-14-8-12-22-13-9-14/h1-5,8,16,20H,6-7,9-13H2,(H2,18,19,21)/t16-/m1/s1. The third-order valence-electron chi connectivity index (χ3n) is 3.71. The Morgan fingerprint density at radius 1 is 1.32 bits per heavy atom. The Hall–Kier alpha value is -1.85. The molecule has 0 spiro atoms. The Kier molecular flexibility index (Phi) is 6.93. The maximum Gasteiger partial charge on any atom is 0.315 e. The first-order valence-corrected chi connectivity index (χ1v) is 7.75. The first kappa shape index (κ1) is 16.5. The normalized spacial score (nSPS) is 15.8. The van der Waals surface area contributed by atoms with Gasteiger partial charge in [-0.3, -0.25) is 0 Å². The van der Waals surface area contributed by atoms with E-state index in [-0.39, 0.29) is 18.7 Å². The summed E-state index contributed by atoms with van der Waals surface area (Å²) in [7, 11) is 0. The van der Waals surface area contributed by atoms with E-state index >= 15 is 0 Å². The number of amides is 2. The molecule has 0 saturated heterocycles. The molecule has 3 N–H and O–H groups in total. The number of aliphatic hydroxyl groups excluding tert-OH is 1. The number of nitrogens with one attached hydrogen (secondary N) is 2. The lowest BCUT2D eigenvalue weighted by Crippen LogP contribution is -2.38. The Bertz CT molecular complexity index is 488. The van der Waals surface area contributed by atoms with E-state index in [1.165, 1.54) is 5.57 Å². The average Bonchev–Trinajstić information content (AvgIpc) is 2.56. The SMILES string of the molecule is O=C(NCCC1=CCOCC1)N[C@H](CCO)c1ccccc1. The van der Waals surface area contributed by atoms with Gasteiger partial charge in [0.15, 0.2) is 0 Å². The van der Waals surface area contributed by atoms with Crippen LogP contribution in [0.15, 0.2) is 42.0 Å². The zero-order valence-electron chi connectivity index (χ0n) is 12.8. The van der Waals surface area contributed by atoms with E-state index in [0.29, 0.717) is 19.6 Å². The van der Waals surface area contributed by atoms with E-state index in [1.54, 1.807) is 0 Å². The van der Waals surface area contributed by atoms with Crippen LogP contribution in [0.4, 0.5) is 4.79 Å². The van der Waals surface area contributed by atoms with Gasteiger partial charge in [-0.2, -0.15) is 0 Å². The molecule has 22 heavy (non-hydrogen) atoms. The number of ether oxygens (including phenoxy) is 1. The molecule has 1 aliphatic heterocycles. The number of hydrogen-bond acceptors (Lipinski definition) is 3. The molecule has 1 aromatic carbocycles. The van der Waals surface area contributed by atoms with E-state index in [1.807, 2.05) is 30.3 Å². The van der Waals surface area contributed by atoms with E-state index in [9.17, 15) is 4.79 Å². The van der Waals surface area contributed by atoms with Crippen molar-refractivity contribution >= 4 is 6.03 Å². The topological polar surface area (TPSA) is 70.6 Å². The van der Waals surface area contributed by atoms with Crippen LogP contribution in [0.5, 0.6) is 0 Å². The van der Waals surface area contributed by atoms with E-state index in [2.05, 4.69) is 16.7 Å². The smallest absolute Gasteiger partial charge is 0.315 e. The van der Waals surface area contributed by atoms with Gasteiger partial charge in [-0.25, -0.2) is 4.79 Å². The zero-order valence-corrected chi connectivity index (χ0v) is 12.8. The number of carbonyl (C=O) groups excluding carboxylic acids is 1. The molecule has 0 aromatic heterocycles. The number of urea groups is 1. The molecular formula is C17H24N2O3. The summed E-state index contributed by atoms with van der Waals surface area (Å²) in [5.41, 5.74) is 2.33.